The predicted octanol–water partition coefficient (Wildman–Crippen LogP) is 2.51. The molecular weight excluding hydrogens is 322 g/mol. The maximum absolute atomic E-state index is 5.99. The molecule has 0 N–H and O–H groups in total. The van der Waals surface area contributed by atoms with Crippen molar-refractivity contribution in [3.8, 4) is 11.5 Å². The lowest BCUT2D eigenvalue weighted by atomic mass is 10.0. The maximum Gasteiger partial charge on any atom is 0.259 e. The number of hydrogen-bond acceptors (Lipinski definition) is 8. The van der Waals surface area contributed by atoms with Gasteiger partial charge in [-0.05, 0) is 32.4 Å². The minimum Gasteiger partial charge on any atom is -0.367 e. The Balaban J connectivity index is 1.40. The topological polar surface area (TPSA) is 90.3 Å². The fourth-order valence-corrected chi connectivity index (χ4v) is 3.68. The molecule has 3 aromatic heterocycles. The number of fused-ring (bicyclic) bond motifs is 2. The first-order chi connectivity index (χ1) is 12.3. The van der Waals surface area contributed by atoms with Crippen molar-refractivity contribution < 1.29 is 13.8 Å². The molecule has 8 nitrogen and oxygen atoms in total. The highest BCUT2D eigenvalue weighted by Crippen LogP contribution is 2.30. The van der Waals surface area contributed by atoms with Crippen LogP contribution in [0.15, 0.2) is 21.3 Å². The second kappa shape index (κ2) is 5.89. The molecule has 2 aliphatic rings. The van der Waals surface area contributed by atoms with Gasteiger partial charge in [-0.1, -0.05) is 16.7 Å². The van der Waals surface area contributed by atoms with Gasteiger partial charge in [-0.25, -0.2) is 4.98 Å². The lowest BCUT2D eigenvalue weighted by molar-refractivity contribution is -0.0805. The molecule has 2 fully saturated rings. The number of pyridine rings is 1. The Bertz CT molecular complexity index is 905. The number of piperidine rings is 1. The van der Waals surface area contributed by atoms with Gasteiger partial charge in [0, 0.05) is 18.8 Å². The van der Waals surface area contributed by atoms with Gasteiger partial charge in [-0.15, -0.1) is 0 Å². The molecule has 130 valence electrons. The summed E-state index contributed by atoms with van der Waals surface area (Å²) in [6.45, 7) is 4.57. The van der Waals surface area contributed by atoms with Gasteiger partial charge in [0.1, 0.15) is 6.10 Å². The van der Waals surface area contributed by atoms with E-state index in [2.05, 4.69) is 25.2 Å². The van der Waals surface area contributed by atoms with Crippen LogP contribution in [-0.2, 0) is 4.74 Å². The Labute approximate surface area is 144 Å². The molecule has 0 bridgehead atoms. The number of aryl methyl sites for hydroxylation is 1. The molecule has 2 saturated heterocycles. The van der Waals surface area contributed by atoms with E-state index >= 15 is 0 Å². The van der Waals surface area contributed by atoms with Gasteiger partial charge in [0.2, 0.25) is 5.82 Å². The molecule has 0 radical (unpaired) electrons. The monoisotopic (exact) mass is 341 g/mol. The van der Waals surface area contributed by atoms with Crippen molar-refractivity contribution in [2.75, 3.05) is 19.7 Å². The molecule has 3 aromatic rings. The van der Waals surface area contributed by atoms with Crippen LogP contribution in [-0.4, -0.2) is 50.9 Å². The summed E-state index contributed by atoms with van der Waals surface area (Å²) in [7, 11) is 0. The van der Waals surface area contributed by atoms with E-state index in [4.69, 9.17) is 13.8 Å². The van der Waals surface area contributed by atoms with E-state index < -0.39 is 0 Å². The Kier molecular flexibility index (Phi) is 3.53. The standard InChI is InChI=1S/C17H19N5O3/c1-10-13-6-11(7-18-17(13)25-20-10)16-19-15(21-24-16)14-8-22-5-3-2-4-12(22)9-23-14/h6-7,12,14H,2-5,8-9H2,1H3/t12?,14-/m1/s1. The zero-order chi connectivity index (χ0) is 16.8. The number of aromatic nitrogens is 4. The highest BCUT2D eigenvalue weighted by molar-refractivity contribution is 5.79. The van der Waals surface area contributed by atoms with E-state index in [0.29, 0.717) is 23.5 Å². The predicted molar refractivity (Wildman–Crippen MR) is 87.7 cm³/mol. The summed E-state index contributed by atoms with van der Waals surface area (Å²) in [4.78, 5) is 11.3. The number of morpholine rings is 1. The van der Waals surface area contributed by atoms with Crippen molar-refractivity contribution in [2.45, 2.75) is 38.3 Å². The van der Waals surface area contributed by atoms with Crippen LogP contribution in [0.2, 0.25) is 0 Å². The van der Waals surface area contributed by atoms with E-state index in [-0.39, 0.29) is 6.10 Å². The fourth-order valence-electron chi connectivity index (χ4n) is 3.68. The fraction of sp³-hybridized carbons (Fsp3) is 0.529. The molecule has 0 aliphatic carbocycles. The van der Waals surface area contributed by atoms with E-state index in [1.54, 1.807) is 6.20 Å². The Morgan fingerprint density at radius 3 is 3.12 bits per heavy atom. The van der Waals surface area contributed by atoms with Gasteiger partial charge in [-0.3, -0.25) is 4.90 Å². The van der Waals surface area contributed by atoms with Gasteiger partial charge >= 0.3 is 0 Å². The van der Waals surface area contributed by atoms with Crippen molar-refractivity contribution in [1.29, 1.82) is 0 Å². The second-order valence-electron chi connectivity index (χ2n) is 6.77. The van der Waals surface area contributed by atoms with E-state index in [1.165, 1.54) is 19.3 Å². The summed E-state index contributed by atoms with van der Waals surface area (Å²) in [6.07, 6.45) is 5.28. The molecule has 0 amide bonds. The largest absolute Gasteiger partial charge is 0.367 e. The third-order valence-corrected chi connectivity index (χ3v) is 5.13. The number of rotatable bonds is 2. The van der Waals surface area contributed by atoms with Crippen LogP contribution in [0.4, 0.5) is 0 Å². The van der Waals surface area contributed by atoms with Gasteiger partial charge in [0.25, 0.3) is 11.6 Å². The van der Waals surface area contributed by atoms with Crippen LogP contribution < -0.4 is 0 Å². The third kappa shape index (κ3) is 2.61. The normalized spacial score (nSPS) is 24.5. The van der Waals surface area contributed by atoms with Crippen LogP contribution >= 0.6 is 0 Å². The van der Waals surface area contributed by atoms with Crippen LogP contribution in [0.5, 0.6) is 0 Å². The minimum atomic E-state index is -0.138. The first kappa shape index (κ1) is 15.0. The Morgan fingerprint density at radius 1 is 1.20 bits per heavy atom. The summed E-state index contributed by atoms with van der Waals surface area (Å²) >= 11 is 0. The van der Waals surface area contributed by atoms with Gasteiger partial charge < -0.3 is 13.8 Å². The van der Waals surface area contributed by atoms with Gasteiger partial charge in [-0.2, -0.15) is 4.98 Å². The zero-order valence-corrected chi connectivity index (χ0v) is 14.0. The molecule has 25 heavy (non-hydrogen) atoms. The lowest BCUT2D eigenvalue weighted by Gasteiger charge is -2.41. The average molecular weight is 341 g/mol. The van der Waals surface area contributed by atoms with E-state index in [1.807, 2.05) is 13.0 Å². The average Bonchev–Trinajstić information content (AvgIpc) is 3.29. The zero-order valence-electron chi connectivity index (χ0n) is 14.0. The van der Waals surface area contributed by atoms with Crippen molar-refractivity contribution >= 4 is 11.1 Å². The third-order valence-electron chi connectivity index (χ3n) is 5.13. The molecule has 2 aliphatic heterocycles. The molecule has 5 rings (SSSR count). The number of ether oxygens (including phenoxy) is 1. The van der Waals surface area contributed by atoms with Crippen molar-refractivity contribution in [1.82, 2.24) is 25.2 Å². The highest BCUT2D eigenvalue weighted by atomic mass is 16.5. The summed E-state index contributed by atoms with van der Waals surface area (Å²) in [5.41, 5.74) is 2.05. The first-order valence-electron chi connectivity index (χ1n) is 8.69. The summed E-state index contributed by atoms with van der Waals surface area (Å²) in [5, 5.41) is 8.91. The molecule has 0 spiro atoms. The smallest absolute Gasteiger partial charge is 0.259 e. The van der Waals surface area contributed by atoms with E-state index in [0.717, 1.165) is 36.3 Å². The van der Waals surface area contributed by atoms with Crippen LogP contribution in [0.3, 0.4) is 0 Å². The van der Waals surface area contributed by atoms with Crippen molar-refractivity contribution in [3.63, 3.8) is 0 Å². The second-order valence-corrected chi connectivity index (χ2v) is 6.77. The van der Waals surface area contributed by atoms with Crippen LogP contribution in [0.25, 0.3) is 22.6 Å². The van der Waals surface area contributed by atoms with Crippen LogP contribution in [0.1, 0.15) is 36.9 Å². The highest BCUT2D eigenvalue weighted by Gasteiger charge is 2.33. The molecule has 8 heteroatoms. The number of nitrogens with zero attached hydrogens (tertiary/aromatic N) is 5. The molecule has 1 unspecified atom stereocenters. The molecule has 5 heterocycles. The van der Waals surface area contributed by atoms with Crippen LogP contribution in [0, 0.1) is 6.92 Å². The quantitative estimate of drug-likeness (QED) is 0.702. The Morgan fingerprint density at radius 2 is 2.16 bits per heavy atom. The minimum absolute atomic E-state index is 0.138. The molecular formula is C17H19N5O3. The maximum atomic E-state index is 5.99. The molecule has 2 atom stereocenters. The summed E-state index contributed by atoms with van der Waals surface area (Å²) in [6, 6.07) is 2.45. The van der Waals surface area contributed by atoms with Crippen molar-refractivity contribution in [2.24, 2.45) is 0 Å². The SMILES string of the molecule is Cc1noc2ncc(-c3nc([C@H]4CN5CCCCC5CO4)no3)cc12. The summed E-state index contributed by atoms with van der Waals surface area (Å²) in [5.74, 6) is 1.04. The number of hydrogen-bond donors (Lipinski definition) is 0. The molecule has 0 saturated carbocycles. The Hall–Kier alpha value is -2.32. The molecule has 0 aromatic carbocycles. The lowest BCUT2D eigenvalue weighted by Crippen LogP contribution is -2.49. The van der Waals surface area contributed by atoms with Gasteiger partial charge in [0.05, 0.1) is 23.3 Å². The summed E-state index contributed by atoms with van der Waals surface area (Å²) < 4.78 is 16.6. The van der Waals surface area contributed by atoms with Crippen molar-refractivity contribution in [3.05, 3.63) is 23.8 Å². The van der Waals surface area contributed by atoms with Gasteiger partial charge in [0.15, 0.2) is 0 Å². The van der Waals surface area contributed by atoms with E-state index in [9.17, 15) is 0 Å². The first-order valence-corrected chi connectivity index (χ1v) is 8.69.